The molecule has 3 heterocycles. The van der Waals surface area contributed by atoms with Gasteiger partial charge in [-0.05, 0) is 43.2 Å². The normalized spacial score (nSPS) is 15.2. The summed E-state index contributed by atoms with van der Waals surface area (Å²) in [5.74, 6) is 0.0669. The number of aromatic nitrogens is 2. The Morgan fingerprint density at radius 3 is 2.64 bits per heavy atom. The summed E-state index contributed by atoms with van der Waals surface area (Å²) in [4.78, 5) is 35.0. The van der Waals surface area contributed by atoms with Crippen molar-refractivity contribution in [1.82, 2.24) is 20.2 Å². The number of hydrogen-bond acceptors (Lipinski definition) is 5. The van der Waals surface area contributed by atoms with E-state index >= 15 is 0 Å². The van der Waals surface area contributed by atoms with Crippen molar-refractivity contribution in [3.8, 4) is 0 Å². The van der Waals surface area contributed by atoms with E-state index in [-0.39, 0.29) is 17.9 Å². The molecule has 4 rings (SSSR count). The van der Waals surface area contributed by atoms with Gasteiger partial charge in [-0.25, -0.2) is 4.98 Å². The molecule has 1 aromatic carbocycles. The zero-order valence-electron chi connectivity index (χ0n) is 15.2. The Morgan fingerprint density at radius 1 is 1.11 bits per heavy atom. The molecule has 0 radical (unpaired) electrons. The average Bonchev–Trinajstić information content (AvgIpc) is 3.27. The highest BCUT2D eigenvalue weighted by atomic mass is 16.3. The maximum Gasteiger partial charge on any atom is 0.289 e. The molecule has 1 aliphatic heterocycles. The number of piperidine rings is 1. The van der Waals surface area contributed by atoms with Crippen LogP contribution in [0.1, 0.15) is 29.1 Å². The van der Waals surface area contributed by atoms with Gasteiger partial charge in [-0.2, -0.15) is 0 Å². The Kier molecular flexibility index (Phi) is 5.14. The van der Waals surface area contributed by atoms with Crippen LogP contribution < -0.4 is 5.32 Å². The first-order valence-electron chi connectivity index (χ1n) is 9.22. The number of furan rings is 1. The molecule has 0 aliphatic carbocycles. The zero-order chi connectivity index (χ0) is 19.3. The molecule has 0 saturated carbocycles. The van der Waals surface area contributed by atoms with Crippen LogP contribution in [0.3, 0.4) is 0 Å². The van der Waals surface area contributed by atoms with Gasteiger partial charge in [-0.15, -0.1) is 0 Å². The van der Waals surface area contributed by atoms with E-state index in [1.54, 1.807) is 29.3 Å². The van der Waals surface area contributed by atoms with Crippen LogP contribution in [0.4, 0.5) is 0 Å². The van der Waals surface area contributed by atoms with E-state index < -0.39 is 0 Å². The van der Waals surface area contributed by atoms with Gasteiger partial charge in [0.2, 0.25) is 5.91 Å². The van der Waals surface area contributed by atoms with Crippen molar-refractivity contribution in [2.24, 2.45) is 0 Å². The number of rotatable bonds is 4. The molecule has 1 saturated heterocycles. The van der Waals surface area contributed by atoms with Crippen LogP contribution in [-0.4, -0.2) is 45.8 Å². The van der Waals surface area contributed by atoms with E-state index in [0.717, 1.165) is 11.0 Å². The van der Waals surface area contributed by atoms with Gasteiger partial charge < -0.3 is 14.6 Å². The number of benzene rings is 1. The summed E-state index contributed by atoms with van der Waals surface area (Å²) >= 11 is 0. The molecular weight excluding hydrogens is 356 g/mol. The third-order valence-electron chi connectivity index (χ3n) is 4.73. The van der Waals surface area contributed by atoms with Crippen molar-refractivity contribution < 1.29 is 14.0 Å². The average molecular weight is 376 g/mol. The largest absolute Gasteiger partial charge is 0.459 e. The second-order valence-electron chi connectivity index (χ2n) is 6.67. The molecule has 0 atom stereocenters. The number of carbonyl (C=O) groups is 2. The molecule has 1 fully saturated rings. The molecule has 2 aromatic heterocycles. The molecule has 0 spiro atoms. The van der Waals surface area contributed by atoms with Crippen LogP contribution in [0.15, 0.2) is 59.4 Å². The minimum atomic E-state index is -0.175. The fourth-order valence-electron chi connectivity index (χ4n) is 3.25. The summed E-state index contributed by atoms with van der Waals surface area (Å²) in [6.45, 7) is 1.18. The van der Waals surface area contributed by atoms with E-state index in [0.29, 0.717) is 37.4 Å². The smallest absolute Gasteiger partial charge is 0.289 e. The Balaban J connectivity index is 1.29. The van der Waals surface area contributed by atoms with Gasteiger partial charge in [-0.3, -0.25) is 14.6 Å². The Morgan fingerprint density at radius 2 is 1.89 bits per heavy atom. The van der Waals surface area contributed by atoms with Crippen LogP contribution in [0.2, 0.25) is 0 Å². The minimum Gasteiger partial charge on any atom is -0.459 e. The van der Waals surface area contributed by atoms with Crippen molar-refractivity contribution in [1.29, 1.82) is 0 Å². The van der Waals surface area contributed by atoms with Crippen LogP contribution in [0, 0.1) is 0 Å². The SMILES string of the molecule is O=C(/C=C/c1cnc2ccccc2n1)NC1CCN(C(=O)c2ccco2)CC1. The molecule has 7 heteroatoms. The number of fused-ring (bicyclic) bond motifs is 1. The van der Waals surface area contributed by atoms with E-state index in [1.807, 2.05) is 24.3 Å². The van der Waals surface area contributed by atoms with E-state index in [4.69, 9.17) is 4.42 Å². The fraction of sp³-hybridized carbons (Fsp3) is 0.238. The summed E-state index contributed by atoms with van der Waals surface area (Å²) in [5, 5.41) is 2.99. The summed E-state index contributed by atoms with van der Waals surface area (Å²) in [5.41, 5.74) is 2.24. The molecule has 1 aliphatic rings. The lowest BCUT2D eigenvalue weighted by Crippen LogP contribution is -2.46. The second-order valence-corrected chi connectivity index (χ2v) is 6.67. The van der Waals surface area contributed by atoms with Crippen molar-refractivity contribution in [2.45, 2.75) is 18.9 Å². The molecule has 0 unspecified atom stereocenters. The lowest BCUT2D eigenvalue weighted by atomic mass is 10.0. The van der Waals surface area contributed by atoms with Crippen molar-refractivity contribution in [2.75, 3.05) is 13.1 Å². The fourth-order valence-corrected chi connectivity index (χ4v) is 3.25. The van der Waals surface area contributed by atoms with Gasteiger partial charge in [-0.1, -0.05) is 12.1 Å². The van der Waals surface area contributed by atoms with Gasteiger partial charge in [0.05, 0.1) is 29.2 Å². The molecule has 2 amide bonds. The number of amides is 2. The van der Waals surface area contributed by atoms with E-state index in [9.17, 15) is 9.59 Å². The molecule has 3 aromatic rings. The third kappa shape index (κ3) is 4.09. The molecule has 1 N–H and O–H groups in total. The summed E-state index contributed by atoms with van der Waals surface area (Å²) < 4.78 is 5.16. The predicted octanol–water partition coefficient (Wildman–Crippen LogP) is 2.66. The number of para-hydroxylation sites is 2. The first-order valence-corrected chi connectivity index (χ1v) is 9.22. The number of likely N-dealkylation sites (tertiary alicyclic amines) is 1. The molecule has 28 heavy (non-hydrogen) atoms. The quantitative estimate of drug-likeness (QED) is 0.707. The summed E-state index contributed by atoms with van der Waals surface area (Å²) in [6.07, 6.45) is 7.68. The number of hydrogen-bond donors (Lipinski definition) is 1. The molecular formula is C21H20N4O3. The standard InChI is InChI=1S/C21H20N4O3/c26-20(8-7-16-14-22-17-4-1-2-5-18(17)23-16)24-15-9-11-25(12-10-15)21(27)19-6-3-13-28-19/h1-8,13-15H,9-12H2,(H,24,26)/b8-7+. The van der Waals surface area contributed by atoms with Crippen molar-refractivity contribution in [3.63, 3.8) is 0 Å². The maximum atomic E-state index is 12.3. The Hall–Kier alpha value is -3.48. The van der Waals surface area contributed by atoms with Crippen molar-refractivity contribution >= 4 is 28.9 Å². The van der Waals surface area contributed by atoms with Crippen LogP contribution in [-0.2, 0) is 4.79 Å². The number of carbonyl (C=O) groups excluding carboxylic acids is 2. The molecule has 7 nitrogen and oxygen atoms in total. The zero-order valence-corrected chi connectivity index (χ0v) is 15.2. The van der Waals surface area contributed by atoms with E-state index in [1.165, 1.54) is 12.3 Å². The van der Waals surface area contributed by atoms with Gasteiger partial charge in [0.1, 0.15) is 0 Å². The monoisotopic (exact) mass is 376 g/mol. The van der Waals surface area contributed by atoms with Gasteiger partial charge >= 0.3 is 0 Å². The van der Waals surface area contributed by atoms with E-state index in [2.05, 4.69) is 15.3 Å². The Labute approximate surface area is 162 Å². The van der Waals surface area contributed by atoms with Crippen LogP contribution in [0.25, 0.3) is 17.1 Å². The highest BCUT2D eigenvalue weighted by molar-refractivity contribution is 5.92. The first kappa shape index (κ1) is 17.9. The van der Waals surface area contributed by atoms with Gasteiger partial charge in [0.25, 0.3) is 5.91 Å². The lowest BCUT2D eigenvalue weighted by molar-refractivity contribution is -0.117. The topological polar surface area (TPSA) is 88.3 Å². The maximum absolute atomic E-state index is 12.3. The number of nitrogens with zero attached hydrogens (tertiary/aromatic N) is 3. The summed E-state index contributed by atoms with van der Waals surface area (Å²) in [6, 6.07) is 11.0. The molecule has 0 bridgehead atoms. The molecule has 142 valence electrons. The lowest BCUT2D eigenvalue weighted by Gasteiger charge is -2.31. The minimum absolute atomic E-state index is 0.0421. The third-order valence-corrected chi connectivity index (χ3v) is 4.73. The Bertz CT molecular complexity index is 1010. The second kappa shape index (κ2) is 8.04. The van der Waals surface area contributed by atoms with Gasteiger partial charge in [0.15, 0.2) is 5.76 Å². The number of nitrogens with one attached hydrogen (secondary N) is 1. The highest BCUT2D eigenvalue weighted by Gasteiger charge is 2.25. The first-order chi connectivity index (χ1) is 13.7. The van der Waals surface area contributed by atoms with Crippen LogP contribution >= 0.6 is 0 Å². The van der Waals surface area contributed by atoms with Crippen molar-refractivity contribution in [3.05, 3.63) is 66.4 Å². The van der Waals surface area contributed by atoms with Crippen LogP contribution in [0.5, 0.6) is 0 Å². The highest BCUT2D eigenvalue weighted by Crippen LogP contribution is 2.14. The predicted molar refractivity (Wildman–Crippen MR) is 104 cm³/mol. The summed E-state index contributed by atoms with van der Waals surface area (Å²) in [7, 11) is 0. The van der Waals surface area contributed by atoms with Gasteiger partial charge in [0, 0.05) is 25.2 Å².